The van der Waals surface area contributed by atoms with Crippen molar-refractivity contribution in [3.63, 3.8) is 0 Å². The van der Waals surface area contributed by atoms with Crippen molar-refractivity contribution < 1.29 is 24.5 Å². The Bertz CT molecular complexity index is 689. The molecule has 2 N–H and O–H groups in total. The molecule has 6 heteroatoms. The van der Waals surface area contributed by atoms with Gasteiger partial charge in [-0.15, -0.1) is 0 Å². The van der Waals surface area contributed by atoms with E-state index in [9.17, 15) is 15.0 Å². The van der Waals surface area contributed by atoms with Crippen LogP contribution in [0.2, 0.25) is 0 Å². The van der Waals surface area contributed by atoms with Crippen LogP contribution >= 0.6 is 0 Å². The summed E-state index contributed by atoms with van der Waals surface area (Å²) in [7, 11) is 1.65. The lowest BCUT2D eigenvalue weighted by atomic mass is 9.76. The van der Waals surface area contributed by atoms with Gasteiger partial charge in [-0.05, 0) is 43.4 Å². The molecule has 3 fully saturated rings. The summed E-state index contributed by atoms with van der Waals surface area (Å²) in [5.74, 6) is 1.03. The molecule has 4 rings (SSSR count). The zero-order valence-electron chi connectivity index (χ0n) is 16.6. The fourth-order valence-corrected chi connectivity index (χ4v) is 5.23. The number of aliphatic hydroxyl groups excluding tert-OH is 2. The third-order valence-electron chi connectivity index (χ3n) is 7.06. The molecule has 0 aromatic heterocycles. The predicted octanol–water partition coefficient (Wildman–Crippen LogP) is 2.01. The van der Waals surface area contributed by atoms with Crippen molar-refractivity contribution in [2.24, 2.45) is 0 Å². The number of hydrogen-bond donors (Lipinski definition) is 2. The number of methoxy groups -OCH3 is 1. The van der Waals surface area contributed by atoms with E-state index in [4.69, 9.17) is 9.47 Å². The van der Waals surface area contributed by atoms with E-state index in [2.05, 4.69) is 0 Å². The molecule has 1 saturated carbocycles. The number of likely N-dealkylation sites (tertiary alicyclic amines) is 1. The van der Waals surface area contributed by atoms with Crippen LogP contribution in [-0.2, 0) is 14.9 Å². The van der Waals surface area contributed by atoms with Gasteiger partial charge in [-0.25, -0.2) is 0 Å². The number of rotatable bonds is 3. The SMILES string of the molecule is COc1ccc(C2(C(=O)N3CCC4(CC3)C[C@@H](O)[C@@H](O)CO4)CCCC2)cc1. The van der Waals surface area contributed by atoms with Crippen molar-refractivity contribution in [1.29, 1.82) is 0 Å². The Morgan fingerprint density at radius 2 is 1.71 bits per heavy atom. The smallest absolute Gasteiger partial charge is 0.233 e. The zero-order valence-corrected chi connectivity index (χ0v) is 16.6. The molecule has 2 aliphatic heterocycles. The number of nitrogens with zero attached hydrogens (tertiary/aromatic N) is 1. The lowest BCUT2D eigenvalue weighted by Gasteiger charge is -2.47. The largest absolute Gasteiger partial charge is 0.497 e. The van der Waals surface area contributed by atoms with Crippen molar-refractivity contribution in [1.82, 2.24) is 4.90 Å². The Morgan fingerprint density at radius 1 is 1.07 bits per heavy atom. The molecule has 2 atom stereocenters. The maximum Gasteiger partial charge on any atom is 0.233 e. The molecule has 1 aromatic carbocycles. The molecular weight excluding hydrogens is 358 g/mol. The standard InChI is InChI=1S/C22H31NO5/c1-27-17-6-4-16(5-7-17)22(8-2-3-9-22)20(26)23-12-10-21(11-13-23)14-18(24)19(25)15-28-21/h4-7,18-19,24-25H,2-3,8-15H2,1H3/t18-,19+/m1/s1. The Hall–Kier alpha value is -1.63. The topological polar surface area (TPSA) is 79.2 Å². The van der Waals surface area contributed by atoms with Crippen molar-refractivity contribution in [2.75, 3.05) is 26.8 Å². The van der Waals surface area contributed by atoms with E-state index in [1.165, 1.54) is 0 Å². The third kappa shape index (κ3) is 3.42. The Kier molecular flexibility index (Phi) is 5.38. The summed E-state index contributed by atoms with van der Waals surface area (Å²) in [6, 6.07) is 7.96. The normalized spacial score (nSPS) is 29.0. The highest BCUT2D eigenvalue weighted by Crippen LogP contribution is 2.44. The minimum atomic E-state index is -0.804. The maximum absolute atomic E-state index is 13.6. The summed E-state index contributed by atoms with van der Waals surface area (Å²) in [4.78, 5) is 15.6. The summed E-state index contributed by atoms with van der Waals surface area (Å²) < 4.78 is 11.2. The number of aliphatic hydroxyl groups is 2. The molecule has 3 aliphatic rings. The second kappa shape index (κ2) is 7.65. The molecule has 154 valence electrons. The summed E-state index contributed by atoms with van der Waals surface area (Å²) >= 11 is 0. The van der Waals surface area contributed by atoms with E-state index < -0.39 is 23.2 Å². The second-order valence-corrected chi connectivity index (χ2v) is 8.64. The highest BCUT2D eigenvalue weighted by atomic mass is 16.5. The molecule has 28 heavy (non-hydrogen) atoms. The summed E-state index contributed by atoms with van der Waals surface area (Å²) in [5, 5.41) is 19.8. The van der Waals surface area contributed by atoms with Crippen LogP contribution in [0.3, 0.4) is 0 Å². The van der Waals surface area contributed by atoms with Crippen LogP contribution in [0.25, 0.3) is 0 Å². The van der Waals surface area contributed by atoms with Crippen molar-refractivity contribution >= 4 is 5.91 Å². The van der Waals surface area contributed by atoms with Gasteiger partial charge in [0, 0.05) is 19.5 Å². The van der Waals surface area contributed by atoms with E-state index in [-0.39, 0.29) is 12.5 Å². The number of ether oxygens (including phenoxy) is 2. The van der Waals surface area contributed by atoms with E-state index in [1.54, 1.807) is 7.11 Å². The number of benzene rings is 1. The van der Waals surface area contributed by atoms with Gasteiger partial charge in [0.05, 0.1) is 30.8 Å². The summed E-state index contributed by atoms with van der Waals surface area (Å²) in [5.41, 5.74) is 0.252. The van der Waals surface area contributed by atoms with Gasteiger partial charge in [0.2, 0.25) is 5.91 Å². The minimum absolute atomic E-state index is 0.172. The second-order valence-electron chi connectivity index (χ2n) is 8.64. The summed E-state index contributed by atoms with van der Waals surface area (Å²) in [6.07, 6.45) is 4.24. The van der Waals surface area contributed by atoms with Gasteiger partial charge in [0.1, 0.15) is 11.9 Å². The first-order chi connectivity index (χ1) is 13.5. The third-order valence-corrected chi connectivity index (χ3v) is 7.06. The van der Waals surface area contributed by atoms with Crippen LogP contribution < -0.4 is 4.74 Å². The van der Waals surface area contributed by atoms with E-state index in [0.29, 0.717) is 32.4 Å². The molecule has 0 unspecified atom stereocenters. The number of amides is 1. The van der Waals surface area contributed by atoms with Crippen LogP contribution in [0.1, 0.15) is 50.5 Å². The Morgan fingerprint density at radius 3 is 2.29 bits per heavy atom. The van der Waals surface area contributed by atoms with Crippen molar-refractivity contribution in [3.05, 3.63) is 29.8 Å². The summed E-state index contributed by atoms with van der Waals surface area (Å²) in [6.45, 7) is 1.45. The maximum atomic E-state index is 13.6. The fraction of sp³-hybridized carbons (Fsp3) is 0.682. The number of carbonyl (C=O) groups excluding carboxylic acids is 1. The monoisotopic (exact) mass is 389 g/mol. The van der Waals surface area contributed by atoms with Crippen molar-refractivity contribution in [3.8, 4) is 5.75 Å². The molecule has 6 nitrogen and oxygen atoms in total. The van der Waals surface area contributed by atoms with Gasteiger partial charge in [-0.2, -0.15) is 0 Å². The van der Waals surface area contributed by atoms with Crippen LogP contribution in [0.4, 0.5) is 0 Å². The zero-order chi connectivity index (χ0) is 19.8. The molecular formula is C22H31NO5. The van der Waals surface area contributed by atoms with Crippen LogP contribution in [0, 0.1) is 0 Å². The quantitative estimate of drug-likeness (QED) is 0.827. The van der Waals surface area contributed by atoms with E-state index in [0.717, 1.165) is 37.0 Å². The van der Waals surface area contributed by atoms with Gasteiger partial charge in [-0.1, -0.05) is 25.0 Å². The average Bonchev–Trinajstić information content (AvgIpc) is 3.22. The first-order valence-corrected chi connectivity index (χ1v) is 10.4. The lowest BCUT2D eigenvalue weighted by Crippen LogP contribution is -2.57. The number of hydrogen-bond acceptors (Lipinski definition) is 5. The molecule has 1 spiro atoms. The fourth-order valence-electron chi connectivity index (χ4n) is 5.23. The first kappa shape index (κ1) is 19.7. The van der Waals surface area contributed by atoms with Crippen LogP contribution in [0.5, 0.6) is 5.75 Å². The molecule has 0 bridgehead atoms. The van der Waals surface area contributed by atoms with E-state index in [1.807, 2.05) is 29.2 Å². The van der Waals surface area contributed by atoms with Crippen molar-refractivity contribution in [2.45, 2.75) is 68.2 Å². The van der Waals surface area contributed by atoms with Gasteiger partial charge in [0.15, 0.2) is 0 Å². The lowest BCUT2D eigenvalue weighted by molar-refractivity contribution is -0.189. The van der Waals surface area contributed by atoms with Crippen LogP contribution in [-0.4, -0.2) is 65.6 Å². The highest BCUT2D eigenvalue weighted by Gasteiger charge is 2.48. The average molecular weight is 389 g/mol. The number of carbonyl (C=O) groups is 1. The molecule has 1 aromatic rings. The molecule has 2 heterocycles. The molecule has 0 radical (unpaired) electrons. The van der Waals surface area contributed by atoms with Crippen LogP contribution in [0.15, 0.2) is 24.3 Å². The Balaban J connectivity index is 1.48. The van der Waals surface area contributed by atoms with Gasteiger partial charge < -0.3 is 24.6 Å². The number of piperidine rings is 1. The highest BCUT2D eigenvalue weighted by molar-refractivity contribution is 5.88. The molecule has 2 saturated heterocycles. The predicted molar refractivity (Wildman–Crippen MR) is 104 cm³/mol. The molecule has 1 amide bonds. The van der Waals surface area contributed by atoms with Gasteiger partial charge >= 0.3 is 0 Å². The van der Waals surface area contributed by atoms with E-state index >= 15 is 0 Å². The minimum Gasteiger partial charge on any atom is -0.497 e. The molecule has 1 aliphatic carbocycles. The van der Waals surface area contributed by atoms with Gasteiger partial charge in [-0.3, -0.25) is 4.79 Å². The first-order valence-electron chi connectivity index (χ1n) is 10.4. The van der Waals surface area contributed by atoms with Gasteiger partial charge in [0.25, 0.3) is 0 Å². The Labute approximate surface area is 166 Å².